The maximum atomic E-state index is 12.4. The lowest BCUT2D eigenvalue weighted by atomic mass is 10.0. The molecule has 1 aromatic carbocycles. The number of carbonyl (C=O) groups excluding carboxylic acids is 1. The lowest BCUT2D eigenvalue weighted by Gasteiger charge is -2.26. The van der Waals surface area contributed by atoms with Crippen molar-refractivity contribution in [2.45, 2.75) is 19.6 Å². The highest BCUT2D eigenvalue weighted by molar-refractivity contribution is 6.24. The molecule has 0 bridgehead atoms. The van der Waals surface area contributed by atoms with Crippen LogP contribution in [0.5, 0.6) is 0 Å². The molecule has 2 heterocycles. The molecule has 24 heavy (non-hydrogen) atoms. The van der Waals surface area contributed by atoms with E-state index in [1.807, 2.05) is 0 Å². The van der Waals surface area contributed by atoms with Gasteiger partial charge in [-0.1, -0.05) is 0 Å². The smallest absolute Gasteiger partial charge is 0.316 e. The number of amides is 1. The second-order valence-electron chi connectivity index (χ2n) is 6.04. The molecule has 0 radical (unpaired) electrons. The summed E-state index contributed by atoms with van der Waals surface area (Å²) in [5.74, 6) is -0.351. The van der Waals surface area contributed by atoms with Gasteiger partial charge >= 0.3 is 6.18 Å². The van der Waals surface area contributed by atoms with E-state index in [0.717, 1.165) is 19.6 Å². The summed E-state index contributed by atoms with van der Waals surface area (Å²) in [5.41, 5.74) is 1.38. The van der Waals surface area contributed by atoms with Crippen LogP contribution in [0.3, 0.4) is 0 Å². The number of aromatic nitrogens is 2. The lowest BCUT2D eigenvalue weighted by molar-refractivity contribution is -0.132. The molecule has 3 rings (SSSR count). The fourth-order valence-corrected chi connectivity index (χ4v) is 2.88. The zero-order valence-corrected chi connectivity index (χ0v) is 13.7. The number of alkyl halides is 3. The van der Waals surface area contributed by atoms with Crippen molar-refractivity contribution >= 4 is 28.6 Å². The summed E-state index contributed by atoms with van der Waals surface area (Å²) in [6, 6.07) is 3.23. The van der Waals surface area contributed by atoms with Crippen LogP contribution in [-0.2, 0) is 6.54 Å². The van der Waals surface area contributed by atoms with Gasteiger partial charge in [-0.05, 0) is 24.6 Å². The minimum atomic E-state index is -4.54. The van der Waals surface area contributed by atoms with Crippen LogP contribution in [0.15, 0.2) is 18.3 Å². The van der Waals surface area contributed by atoms with Gasteiger partial charge < -0.3 is 5.32 Å². The maximum Gasteiger partial charge on any atom is 0.407 e. The molecule has 1 aromatic heterocycles. The topological polar surface area (TPSA) is 50.2 Å². The van der Waals surface area contributed by atoms with Crippen LogP contribution in [0.2, 0.25) is 0 Å². The van der Waals surface area contributed by atoms with Crippen molar-refractivity contribution in [1.82, 2.24) is 19.5 Å². The molecule has 9 heteroatoms. The van der Waals surface area contributed by atoms with Crippen molar-refractivity contribution in [3.8, 4) is 0 Å². The summed E-state index contributed by atoms with van der Waals surface area (Å²) < 4.78 is 39.2. The summed E-state index contributed by atoms with van der Waals surface area (Å²) >= 11 is 5.51. The molecule has 1 amide bonds. The molecule has 1 saturated heterocycles. The van der Waals surface area contributed by atoms with Gasteiger partial charge in [-0.15, -0.1) is 0 Å². The predicted molar refractivity (Wildman–Crippen MR) is 83.8 cm³/mol. The summed E-state index contributed by atoms with van der Waals surface area (Å²) in [6.07, 6.45) is -2.75. The first kappa shape index (κ1) is 17.0. The Hall–Kier alpha value is -1.80. The molecule has 1 aliphatic heterocycles. The number of hydrogen-bond acceptors (Lipinski definition) is 3. The van der Waals surface area contributed by atoms with E-state index < -0.39 is 18.6 Å². The Labute approximate surface area is 141 Å². The summed E-state index contributed by atoms with van der Waals surface area (Å²) in [4.78, 5) is 12.2. The predicted octanol–water partition coefficient (Wildman–Crippen LogP) is 2.72. The number of rotatable bonds is 4. The van der Waals surface area contributed by atoms with Crippen molar-refractivity contribution in [1.29, 1.82) is 0 Å². The highest BCUT2D eigenvalue weighted by Crippen LogP contribution is 2.24. The van der Waals surface area contributed by atoms with Crippen LogP contribution in [0.25, 0.3) is 10.9 Å². The number of fused-ring (bicyclic) bond motifs is 1. The lowest BCUT2D eigenvalue weighted by Crippen LogP contribution is -2.44. The Morgan fingerprint density at radius 1 is 1.46 bits per heavy atom. The van der Waals surface area contributed by atoms with E-state index in [-0.39, 0.29) is 9.98 Å². The molecular weight excluding hydrogens is 345 g/mol. The standard InChI is InChI=1S/C15H16ClF3N4O/c1-9-2-13-11(7-22(21-13)6-10-4-20-5-10)3-12(9)14(24)23(16)8-15(17,18)19/h2-3,7,10,20H,4-6,8H2,1H3. The molecule has 0 unspecified atom stereocenters. The first-order valence-electron chi connectivity index (χ1n) is 7.46. The minimum absolute atomic E-state index is 0.145. The van der Waals surface area contributed by atoms with Crippen LogP contribution >= 0.6 is 11.8 Å². The first-order valence-corrected chi connectivity index (χ1v) is 7.79. The van der Waals surface area contributed by atoms with Crippen molar-refractivity contribution in [2.75, 3.05) is 19.6 Å². The van der Waals surface area contributed by atoms with Crippen LogP contribution in [0, 0.1) is 12.8 Å². The second-order valence-corrected chi connectivity index (χ2v) is 6.45. The molecule has 2 aromatic rings. The van der Waals surface area contributed by atoms with Gasteiger partial charge in [0.2, 0.25) is 0 Å². The Bertz CT molecular complexity index is 770. The van der Waals surface area contributed by atoms with E-state index in [9.17, 15) is 18.0 Å². The van der Waals surface area contributed by atoms with Gasteiger partial charge in [0.25, 0.3) is 5.91 Å². The first-order chi connectivity index (χ1) is 11.2. The zero-order valence-electron chi connectivity index (χ0n) is 12.9. The van der Waals surface area contributed by atoms with Crippen LogP contribution in [0.4, 0.5) is 13.2 Å². The average molecular weight is 361 g/mol. The van der Waals surface area contributed by atoms with Gasteiger partial charge in [-0.25, -0.2) is 4.42 Å². The fourth-order valence-electron chi connectivity index (χ4n) is 2.65. The largest absolute Gasteiger partial charge is 0.407 e. The van der Waals surface area contributed by atoms with Crippen LogP contribution in [-0.4, -0.2) is 45.9 Å². The van der Waals surface area contributed by atoms with Gasteiger partial charge in [0.15, 0.2) is 0 Å². The van der Waals surface area contributed by atoms with E-state index in [0.29, 0.717) is 22.4 Å². The fraction of sp³-hybridized carbons (Fsp3) is 0.467. The summed E-state index contributed by atoms with van der Waals surface area (Å²) in [6.45, 7) is 2.80. The molecule has 0 spiro atoms. The van der Waals surface area contributed by atoms with Crippen LogP contribution in [0.1, 0.15) is 15.9 Å². The number of aryl methyl sites for hydroxylation is 1. The summed E-state index contributed by atoms with van der Waals surface area (Å²) in [5, 5.41) is 8.33. The molecule has 0 atom stereocenters. The molecular formula is C15H16ClF3N4O. The molecule has 0 aliphatic carbocycles. The van der Waals surface area contributed by atoms with E-state index in [4.69, 9.17) is 11.8 Å². The minimum Gasteiger partial charge on any atom is -0.316 e. The van der Waals surface area contributed by atoms with Gasteiger partial charge in [0, 0.05) is 54.5 Å². The van der Waals surface area contributed by atoms with Crippen molar-refractivity contribution in [3.05, 3.63) is 29.5 Å². The number of halogens is 4. The summed E-state index contributed by atoms with van der Waals surface area (Å²) in [7, 11) is 0. The second kappa shape index (κ2) is 6.25. The average Bonchev–Trinajstić information content (AvgIpc) is 2.80. The normalized spacial score (nSPS) is 15.5. The Balaban J connectivity index is 1.84. The quantitative estimate of drug-likeness (QED) is 0.853. The van der Waals surface area contributed by atoms with Crippen molar-refractivity contribution in [3.63, 3.8) is 0 Å². The van der Waals surface area contributed by atoms with Crippen molar-refractivity contribution < 1.29 is 18.0 Å². The Morgan fingerprint density at radius 2 is 2.17 bits per heavy atom. The molecule has 1 N–H and O–H groups in total. The van der Waals surface area contributed by atoms with E-state index in [1.54, 1.807) is 29.9 Å². The molecule has 130 valence electrons. The number of carbonyl (C=O) groups is 1. The Morgan fingerprint density at radius 3 is 2.75 bits per heavy atom. The third kappa shape index (κ3) is 3.64. The van der Waals surface area contributed by atoms with E-state index in [1.165, 1.54) is 0 Å². The van der Waals surface area contributed by atoms with Gasteiger partial charge in [-0.3, -0.25) is 9.48 Å². The monoisotopic (exact) mass is 360 g/mol. The van der Waals surface area contributed by atoms with E-state index in [2.05, 4.69) is 10.4 Å². The molecule has 5 nitrogen and oxygen atoms in total. The van der Waals surface area contributed by atoms with Crippen molar-refractivity contribution in [2.24, 2.45) is 5.92 Å². The third-order valence-corrected chi connectivity index (χ3v) is 4.25. The van der Waals surface area contributed by atoms with Gasteiger partial charge in [0.1, 0.15) is 6.54 Å². The van der Waals surface area contributed by atoms with Gasteiger partial charge in [-0.2, -0.15) is 18.3 Å². The molecule has 0 saturated carbocycles. The molecule has 1 aliphatic rings. The highest BCUT2D eigenvalue weighted by Gasteiger charge is 2.33. The number of benzene rings is 1. The van der Waals surface area contributed by atoms with Gasteiger partial charge in [0.05, 0.1) is 5.52 Å². The molecule has 1 fully saturated rings. The SMILES string of the molecule is Cc1cc2nn(CC3CNC3)cc2cc1C(=O)N(Cl)CC(F)(F)F. The van der Waals surface area contributed by atoms with E-state index >= 15 is 0 Å². The highest BCUT2D eigenvalue weighted by atomic mass is 35.5. The number of hydrogen-bond donors (Lipinski definition) is 1. The van der Waals surface area contributed by atoms with Crippen LogP contribution < -0.4 is 5.32 Å². The number of nitrogens with zero attached hydrogens (tertiary/aromatic N) is 3. The Kier molecular flexibility index (Phi) is 4.44. The third-order valence-electron chi connectivity index (χ3n) is 3.98. The number of nitrogens with one attached hydrogen (secondary N) is 1. The zero-order chi connectivity index (χ0) is 17.5. The maximum absolute atomic E-state index is 12.4.